The summed E-state index contributed by atoms with van der Waals surface area (Å²) in [6, 6.07) is 0. The molecule has 4 nitrogen and oxygen atoms in total. The fourth-order valence-electron chi connectivity index (χ4n) is 0.515. The van der Waals surface area contributed by atoms with Gasteiger partial charge in [-0.1, -0.05) is 0 Å². The molecule has 0 rings (SSSR count). The minimum atomic E-state index is -0.171. The molecular formula is C8H12N2O2. The van der Waals surface area contributed by atoms with Gasteiger partial charge in [0.25, 0.3) is 0 Å². The van der Waals surface area contributed by atoms with E-state index < -0.39 is 0 Å². The molecule has 0 aliphatic rings. The summed E-state index contributed by atoms with van der Waals surface area (Å²) in [6.07, 6.45) is 1.90. The zero-order valence-electron chi connectivity index (χ0n) is 7.42. The van der Waals surface area contributed by atoms with Gasteiger partial charge in [0.05, 0.1) is 5.57 Å². The van der Waals surface area contributed by atoms with Crippen molar-refractivity contribution in [3.05, 3.63) is 11.8 Å². The van der Waals surface area contributed by atoms with Gasteiger partial charge in [0.2, 0.25) is 5.91 Å². The van der Waals surface area contributed by atoms with Crippen molar-refractivity contribution in [1.82, 2.24) is 4.90 Å². The molecular weight excluding hydrogens is 156 g/mol. The highest BCUT2D eigenvalue weighted by Crippen LogP contribution is 1.95. The minimum absolute atomic E-state index is 0.151. The van der Waals surface area contributed by atoms with Crippen molar-refractivity contribution in [3.63, 3.8) is 0 Å². The van der Waals surface area contributed by atoms with Crippen LogP contribution in [0.1, 0.15) is 13.8 Å². The number of allylic oxidation sites excluding steroid dienone is 1. The normalized spacial score (nSPS) is 10.8. The van der Waals surface area contributed by atoms with E-state index in [2.05, 4.69) is 0 Å². The molecule has 0 radical (unpaired) electrons. The molecule has 0 aliphatic carbocycles. The Morgan fingerprint density at radius 2 is 1.92 bits per heavy atom. The van der Waals surface area contributed by atoms with E-state index in [9.17, 15) is 9.59 Å². The lowest BCUT2D eigenvalue weighted by molar-refractivity contribution is -0.125. The Balaban J connectivity index is 4.60. The van der Waals surface area contributed by atoms with Crippen molar-refractivity contribution >= 4 is 17.9 Å². The molecule has 0 saturated carbocycles. The maximum absolute atomic E-state index is 10.7. The number of nitrogens with one attached hydrogen (secondary N) is 1. The van der Waals surface area contributed by atoms with E-state index in [1.165, 1.54) is 32.0 Å². The predicted octanol–water partition coefficient (Wildman–Crippen LogP) is 0.587. The summed E-state index contributed by atoms with van der Waals surface area (Å²) in [4.78, 5) is 22.3. The summed E-state index contributed by atoms with van der Waals surface area (Å²) in [7, 11) is 1.54. The second kappa shape index (κ2) is 4.43. The fourth-order valence-corrected chi connectivity index (χ4v) is 0.515. The van der Waals surface area contributed by atoms with Crippen LogP contribution in [-0.4, -0.2) is 29.9 Å². The Hall–Kier alpha value is -1.45. The summed E-state index contributed by atoms with van der Waals surface area (Å²) >= 11 is 0. The van der Waals surface area contributed by atoms with Gasteiger partial charge in [-0.05, 0) is 6.92 Å². The molecule has 0 atom stereocenters. The maximum atomic E-state index is 10.7. The van der Waals surface area contributed by atoms with Crippen LogP contribution in [0.15, 0.2) is 11.8 Å². The predicted molar refractivity (Wildman–Crippen MR) is 46.0 cm³/mol. The highest BCUT2D eigenvalue weighted by molar-refractivity contribution is 6.12. The van der Waals surface area contributed by atoms with Gasteiger partial charge >= 0.3 is 0 Å². The van der Waals surface area contributed by atoms with Crippen LogP contribution < -0.4 is 0 Å². The Morgan fingerprint density at radius 1 is 1.42 bits per heavy atom. The Bertz CT molecular complexity index is 243. The van der Waals surface area contributed by atoms with Gasteiger partial charge in [0, 0.05) is 25.9 Å². The number of hydrogen-bond acceptors (Lipinski definition) is 3. The molecule has 1 N–H and O–H groups in total. The lowest BCUT2D eigenvalue weighted by Gasteiger charge is -2.09. The van der Waals surface area contributed by atoms with E-state index in [1.54, 1.807) is 0 Å². The number of aldehydes is 1. The van der Waals surface area contributed by atoms with Crippen LogP contribution in [0.25, 0.3) is 0 Å². The molecule has 1 amide bonds. The lowest BCUT2D eigenvalue weighted by Crippen LogP contribution is -2.19. The zero-order valence-corrected chi connectivity index (χ0v) is 7.42. The van der Waals surface area contributed by atoms with Crippen LogP contribution in [-0.2, 0) is 9.59 Å². The lowest BCUT2D eigenvalue weighted by atomic mass is 10.2. The molecule has 0 saturated heterocycles. The Morgan fingerprint density at radius 3 is 2.17 bits per heavy atom. The van der Waals surface area contributed by atoms with Gasteiger partial charge < -0.3 is 10.3 Å². The number of hydrogen-bond donors (Lipinski definition) is 1. The highest BCUT2D eigenvalue weighted by atomic mass is 16.2. The summed E-state index contributed by atoms with van der Waals surface area (Å²) in [5, 5.41) is 7.15. The average Bonchev–Trinajstić information content (AvgIpc) is 1.98. The van der Waals surface area contributed by atoms with Gasteiger partial charge in [-0.25, -0.2) is 0 Å². The van der Waals surface area contributed by atoms with Crippen molar-refractivity contribution in [2.75, 3.05) is 7.05 Å². The summed E-state index contributed by atoms with van der Waals surface area (Å²) in [5.74, 6) is -0.171. The number of rotatable bonds is 3. The molecule has 0 aromatic heterocycles. The van der Waals surface area contributed by atoms with Crippen LogP contribution in [0.4, 0.5) is 0 Å². The number of nitrogens with zero attached hydrogens (tertiary/aromatic N) is 1. The SMILES string of the molecule is CC(=N)/C(C=O)=C\N(C)C(C)=O. The fraction of sp³-hybridized carbons (Fsp3) is 0.375. The standard InChI is InChI=1S/C8H12N2O2/c1-6(9)8(5-11)4-10(3)7(2)12/h4-5,9H,1-3H3/b8-4-,9-6?. The molecule has 66 valence electrons. The van der Waals surface area contributed by atoms with E-state index in [1.807, 2.05) is 0 Å². The van der Waals surface area contributed by atoms with Gasteiger partial charge in [0.15, 0.2) is 6.29 Å². The van der Waals surface area contributed by atoms with E-state index >= 15 is 0 Å². The third-order valence-electron chi connectivity index (χ3n) is 1.39. The largest absolute Gasteiger partial charge is 0.322 e. The first-order valence-corrected chi connectivity index (χ1v) is 3.45. The van der Waals surface area contributed by atoms with Crippen LogP contribution in [0.2, 0.25) is 0 Å². The molecule has 0 unspecified atom stereocenters. The Labute approximate surface area is 71.4 Å². The van der Waals surface area contributed by atoms with Crippen LogP contribution in [0.5, 0.6) is 0 Å². The molecule has 0 fully saturated rings. The third kappa shape index (κ3) is 3.09. The second-order valence-electron chi connectivity index (χ2n) is 2.46. The first-order valence-electron chi connectivity index (χ1n) is 3.45. The van der Waals surface area contributed by atoms with Crippen LogP contribution in [0.3, 0.4) is 0 Å². The summed E-state index contributed by atoms with van der Waals surface area (Å²) < 4.78 is 0. The van der Waals surface area contributed by atoms with Gasteiger partial charge in [0.1, 0.15) is 0 Å². The summed E-state index contributed by atoms with van der Waals surface area (Å²) in [5.41, 5.74) is 0.366. The molecule has 4 heteroatoms. The van der Waals surface area contributed by atoms with Crippen molar-refractivity contribution < 1.29 is 9.59 Å². The highest BCUT2D eigenvalue weighted by Gasteiger charge is 2.02. The van der Waals surface area contributed by atoms with E-state index in [4.69, 9.17) is 5.41 Å². The second-order valence-corrected chi connectivity index (χ2v) is 2.46. The molecule has 0 spiro atoms. The zero-order chi connectivity index (χ0) is 9.72. The van der Waals surface area contributed by atoms with Crippen molar-refractivity contribution in [2.24, 2.45) is 0 Å². The molecule has 0 heterocycles. The average molecular weight is 168 g/mol. The monoisotopic (exact) mass is 168 g/mol. The minimum Gasteiger partial charge on any atom is -0.322 e. The summed E-state index contributed by atoms with van der Waals surface area (Å²) in [6.45, 7) is 2.88. The third-order valence-corrected chi connectivity index (χ3v) is 1.39. The van der Waals surface area contributed by atoms with Crippen LogP contribution in [0, 0.1) is 5.41 Å². The molecule has 0 aromatic carbocycles. The Kier molecular flexibility index (Phi) is 3.90. The van der Waals surface area contributed by atoms with Crippen molar-refractivity contribution in [2.45, 2.75) is 13.8 Å². The van der Waals surface area contributed by atoms with E-state index in [0.29, 0.717) is 6.29 Å². The van der Waals surface area contributed by atoms with Gasteiger partial charge in [-0.3, -0.25) is 9.59 Å². The first-order chi connectivity index (χ1) is 5.49. The first kappa shape index (κ1) is 10.6. The maximum Gasteiger partial charge on any atom is 0.223 e. The molecule has 0 bridgehead atoms. The van der Waals surface area contributed by atoms with E-state index in [-0.39, 0.29) is 17.2 Å². The van der Waals surface area contributed by atoms with Crippen LogP contribution >= 0.6 is 0 Å². The molecule has 0 aromatic rings. The quantitative estimate of drug-likeness (QED) is 0.381. The topological polar surface area (TPSA) is 61.2 Å². The van der Waals surface area contributed by atoms with Crippen molar-refractivity contribution in [1.29, 1.82) is 5.41 Å². The molecule has 0 aliphatic heterocycles. The van der Waals surface area contributed by atoms with Crippen molar-refractivity contribution in [3.8, 4) is 0 Å². The van der Waals surface area contributed by atoms with E-state index in [0.717, 1.165) is 0 Å². The van der Waals surface area contributed by atoms with Gasteiger partial charge in [-0.2, -0.15) is 0 Å². The van der Waals surface area contributed by atoms with Gasteiger partial charge in [-0.15, -0.1) is 0 Å². The number of carbonyl (C=O) groups is 2. The smallest absolute Gasteiger partial charge is 0.223 e. The number of carbonyl (C=O) groups excluding carboxylic acids is 2. The number of amides is 1. The molecule has 12 heavy (non-hydrogen) atoms.